The fourth-order valence-electron chi connectivity index (χ4n) is 2.27. The number of nitrogens with one attached hydrogen (secondary N) is 2. The number of anilines is 1. The van der Waals surface area contributed by atoms with Gasteiger partial charge in [-0.15, -0.1) is 0 Å². The van der Waals surface area contributed by atoms with Crippen LogP contribution in [-0.2, 0) is 6.54 Å². The van der Waals surface area contributed by atoms with Crippen molar-refractivity contribution in [2.45, 2.75) is 6.54 Å². The first-order valence-electron chi connectivity index (χ1n) is 7.02. The quantitative estimate of drug-likeness (QED) is 0.773. The van der Waals surface area contributed by atoms with Gasteiger partial charge in [-0.25, -0.2) is 4.79 Å². The second-order valence-electron chi connectivity index (χ2n) is 5.02. The zero-order valence-electron chi connectivity index (χ0n) is 12.1. The summed E-state index contributed by atoms with van der Waals surface area (Å²) in [4.78, 5) is 26.9. The van der Waals surface area contributed by atoms with E-state index in [0.717, 1.165) is 5.56 Å². The second-order valence-corrected chi connectivity index (χ2v) is 5.45. The number of rotatable bonds is 4. The fourth-order valence-corrected chi connectivity index (χ4v) is 2.46. The number of carbonyl (C=O) groups is 1. The van der Waals surface area contributed by atoms with E-state index in [4.69, 9.17) is 11.6 Å². The molecule has 0 atom stereocenters. The Morgan fingerprint density at radius 2 is 1.91 bits per heavy atom. The fraction of sp³-hybridized carbons (Fsp3) is 0.0588. The Labute approximate surface area is 137 Å². The minimum Gasteiger partial charge on any atom is -0.321 e. The van der Waals surface area contributed by atoms with Gasteiger partial charge in [0, 0.05) is 16.9 Å². The Morgan fingerprint density at radius 3 is 2.65 bits per heavy atom. The standard InChI is InChI=1S/C17H14ClN3O2/c18-13-7-4-8-14(9-13)20-16(22)15-10-19-17(23)21(15)11-12-5-2-1-3-6-12/h1-10H,11H2,(H,19,23)(H,20,22). The van der Waals surface area contributed by atoms with E-state index in [-0.39, 0.29) is 17.3 Å². The number of imidazole rings is 1. The smallest absolute Gasteiger partial charge is 0.321 e. The summed E-state index contributed by atoms with van der Waals surface area (Å²) in [5.41, 5.74) is 1.44. The molecular formula is C17H14ClN3O2. The van der Waals surface area contributed by atoms with Crippen LogP contribution in [0.25, 0.3) is 0 Å². The molecule has 23 heavy (non-hydrogen) atoms. The van der Waals surface area contributed by atoms with E-state index in [1.54, 1.807) is 24.3 Å². The van der Waals surface area contributed by atoms with E-state index in [9.17, 15) is 9.59 Å². The van der Waals surface area contributed by atoms with Crippen molar-refractivity contribution in [2.75, 3.05) is 5.32 Å². The molecule has 0 aliphatic rings. The summed E-state index contributed by atoms with van der Waals surface area (Å²) in [7, 11) is 0. The van der Waals surface area contributed by atoms with E-state index in [0.29, 0.717) is 17.3 Å². The molecule has 0 aliphatic heterocycles. The number of hydrogen-bond donors (Lipinski definition) is 2. The monoisotopic (exact) mass is 327 g/mol. The number of nitrogens with zero attached hydrogens (tertiary/aromatic N) is 1. The second kappa shape index (κ2) is 6.54. The number of aromatic nitrogens is 2. The minimum absolute atomic E-state index is 0.263. The van der Waals surface area contributed by atoms with Crippen LogP contribution in [0.2, 0.25) is 5.02 Å². The van der Waals surface area contributed by atoms with Gasteiger partial charge in [-0.2, -0.15) is 0 Å². The van der Waals surface area contributed by atoms with Crippen LogP contribution in [0.15, 0.2) is 65.6 Å². The Kier molecular flexibility index (Phi) is 4.30. The lowest BCUT2D eigenvalue weighted by molar-refractivity contribution is 0.101. The summed E-state index contributed by atoms with van der Waals surface area (Å²) >= 11 is 5.90. The van der Waals surface area contributed by atoms with Crippen molar-refractivity contribution in [2.24, 2.45) is 0 Å². The highest BCUT2D eigenvalue weighted by Gasteiger charge is 2.15. The highest BCUT2D eigenvalue weighted by molar-refractivity contribution is 6.30. The first-order valence-corrected chi connectivity index (χ1v) is 7.40. The van der Waals surface area contributed by atoms with Crippen LogP contribution >= 0.6 is 11.6 Å². The number of hydrogen-bond acceptors (Lipinski definition) is 2. The molecule has 0 saturated carbocycles. The molecule has 0 saturated heterocycles. The molecule has 116 valence electrons. The lowest BCUT2D eigenvalue weighted by Gasteiger charge is -2.08. The Bertz CT molecular complexity index is 884. The van der Waals surface area contributed by atoms with E-state index < -0.39 is 0 Å². The van der Waals surface area contributed by atoms with Crippen LogP contribution in [0.3, 0.4) is 0 Å². The minimum atomic E-state index is -0.374. The molecule has 0 fully saturated rings. The van der Waals surface area contributed by atoms with E-state index in [2.05, 4.69) is 10.3 Å². The summed E-state index contributed by atoms with van der Waals surface area (Å²) in [6.45, 7) is 0.321. The molecule has 0 radical (unpaired) electrons. The Morgan fingerprint density at radius 1 is 1.13 bits per heavy atom. The SMILES string of the molecule is O=C(Nc1cccc(Cl)c1)c1c[nH]c(=O)n1Cc1ccccc1. The number of amides is 1. The highest BCUT2D eigenvalue weighted by atomic mass is 35.5. The molecule has 3 aromatic rings. The van der Waals surface area contributed by atoms with Gasteiger partial charge < -0.3 is 10.3 Å². The maximum atomic E-state index is 12.4. The van der Waals surface area contributed by atoms with Gasteiger partial charge in [0.2, 0.25) is 0 Å². The predicted molar refractivity (Wildman–Crippen MR) is 90.0 cm³/mol. The van der Waals surface area contributed by atoms with Gasteiger partial charge in [0.05, 0.1) is 6.54 Å². The molecule has 2 aromatic carbocycles. The molecule has 2 N–H and O–H groups in total. The number of halogens is 1. The lowest BCUT2D eigenvalue weighted by Crippen LogP contribution is -2.24. The molecule has 0 bridgehead atoms. The van der Waals surface area contributed by atoms with E-state index in [1.807, 2.05) is 30.3 Å². The van der Waals surface area contributed by atoms with Crippen molar-refractivity contribution in [3.05, 3.63) is 87.6 Å². The maximum absolute atomic E-state index is 12.4. The van der Waals surface area contributed by atoms with Crippen LogP contribution in [0.1, 0.15) is 16.1 Å². The van der Waals surface area contributed by atoms with Crippen molar-refractivity contribution in [3.63, 3.8) is 0 Å². The van der Waals surface area contributed by atoms with E-state index in [1.165, 1.54) is 10.8 Å². The number of H-pyrrole nitrogens is 1. The molecule has 0 unspecified atom stereocenters. The average Bonchev–Trinajstić information content (AvgIpc) is 2.89. The maximum Gasteiger partial charge on any atom is 0.326 e. The van der Waals surface area contributed by atoms with Crippen LogP contribution in [0.4, 0.5) is 5.69 Å². The number of carbonyl (C=O) groups excluding carboxylic acids is 1. The molecular weight excluding hydrogens is 314 g/mol. The molecule has 5 nitrogen and oxygen atoms in total. The zero-order chi connectivity index (χ0) is 16.2. The third-order valence-electron chi connectivity index (χ3n) is 3.37. The molecule has 1 aromatic heterocycles. The van der Waals surface area contributed by atoms with Crippen LogP contribution in [0.5, 0.6) is 0 Å². The molecule has 6 heteroatoms. The summed E-state index contributed by atoms with van der Waals surface area (Å²) in [6.07, 6.45) is 1.41. The summed E-state index contributed by atoms with van der Waals surface area (Å²) in [5.74, 6) is -0.374. The lowest BCUT2D eigenvalue weighted by atomic mass is 10.2. The molecule has 1 amide bonds. The van der Waals surface area contributed by atoms with Crippen molar-refractivity contribution in [1.29, 1.82) is 0 Å². The van der Waals surface area contributed by atoms with Gasteiger partial charge >= 0.3 is 5.69 Å². The van der Waals surface area contributed by atoms with Gasteiger partial charge in [0.15, 0.2) is 0 Å². The number of benzene rings is 2. The molecule has 0 spiro atoms. The third kappa shape index (κ3) is 3.52. The van der Waals surface area contributed by atoms with Gasteiger partial charge in [-0.1, -0.05) is 48.0 Å². The summed E-state index contributed by atoms with van der Waals surface area (Å²) < 4.78 is 1.40. The van der Waals surface area contributed by atoms with Gasteiger partial charge in [0.25, 0.3) is 5.91 Å². The largest absolute Gasteiger partial charge is 0.326 e. The van der Waals surface area contributed by atoms with Crippen molar-refractivity contribution in [1.82, 2.24) is 9.55 Å². The molecule has 1 heterocycles. The predicted octanol–water partition coefficient (Wildman–Crippen LogP) is 3.13. The van der Waals surface area contributed by atoms with Crippen LogP contribution in [0, 0.1) is 0 Å². The first kappa shape index (κ1) is 15.1. The molecule has 0 aliphatic carbocycles. The van der Waals surface area contributed by atoms with Gasteiger partial charge in [-0.3, -0.25) is 9.36 Å². The van der Waals surface area contributed by atoms with Crippen LogP contribution in [-0.4, -0.2) is 15.5 Å². The first-order chi connectivity index (χ1) is 11.1. The van der Waals surface area contributed by atoms with Crippen LogP contribution < -0.4 is 11.0 Å². The Balaban J connectivity index is 1.85. The van der Waals surface area contributed by atoms with Crippen molar-refractivity contribution in [3.8, 4) is 0 Å². The van der Waals surface area contributed by atoms with Gasteiger partial charge in [-0.05, 0) is 23.8 Å². The average molecular weight is 328 g/mol. The number of aromatic amines is 1. The topological polar surface area (TPSA) is 66.9 Å². The molecule has 3 rings (SSSR count). The normalized spacial score (nSPS) is 10.5. The zero-order valence-corrected chi connectivity index (χ0v) is 12.9. The third-order valence-corrected chi connectivity index (χ3v) is 3.60. The Hall–Kier alpha value is -2.79. The van der Waals surface area contributed by atoms with Gasteiger partial charge in [0.1, 0.15) is 5.69 Å². The van der Waals surface area contributed by atoms with E-state index >= 15 is 0 Å². The summed E-state index contributed by atoms with van der Waals surface area (Å²) in [6, 6.07) is 16.3. The van der Waals surface area contributed by atoms with Crippen molar-refractivity contribution >= 4 is 23.2 Å². The summed E-state index contributed by atoms with van der Waals surface area (Å²) in [5, 5.41) is 3.26. The highest BCUT2D eigenvalue weighted by Crippen LogP contribution is 2.16. The van der Waals surface area contributed by atoms with Crippen molar-refractivity contribution < 1.29 is 4.79 Å².